The number of rotatable bonds is 11. The number of thiophene rings is 1. The average molecular weight is 583 g/mol. The first-order valence-corrected chi connectivity index (χ1v) is 14.7. The number of thiol groups is 1. The molecule has 3 aromatic heterocycles. The SMILES string of the molecule is CCOCCOc1ccc(NC(=O)CC(C)S)cc1-c1nnc2/c(=C\c3ccc(N(C)C)s3)c(C(C)(C)C)nn12. The highest BCUT2D eigenvalue weighted by atomic mass is 32.1. The molecule has 9 nitrogen and oxygen atoms in total. The summed E-state index contributed by atoms with van der Waals surface area (Å²) in [6.45, 7) is 11.7. The summed E-state index contributed by atoms with van der Waals surface area (Å²) in [5.41, 5.74) is 2.66. The van der Waals surface area contributed by atoms with Crippen molar-refractivity contribution in [2.24, 2.45) is 0 Å². The van der Waals surface area contributed by atoms with E-state index in [2.05, 4.69) is 72.0 Å². The first kappa shape index (κ1) is 29.8. The number of carbonyl (C=O) groups is 1. The molecule has 1 unspecified atom stereocenters. The maximum Gasteiger partial charge on any atom is 0.225 e. The Morgan fingerprint density at radius 1 is 1.20 bits per heavy atom. The van der Waals surface area contributed by atoms with Crippen LogP contribution in [0.3, 0.4) is 0 Å². The van der Waals surface area contributed by atoms with Gasteiger partial charge < -0.3 is 19.7 Å². The minimum absolute atomic E-state index is 0.0482. The van der Waals surface area contributed by atoms with Gasteiger partial charge in [0.25, 0.3) is 0 Å². The first-order valence-electron chi connectivity index (χ1n) is 13.3. The second kappa shape index (κ2) is 12.6. The lowest BCUT2D eigenvalue weighted by molar-refractivity contribution is -0.116. The van der Waals surface area contributed by atoms with E-state index >= 15 is 0 Å². The molecule has 4 rings (SSSR count). The van der Waals surface area contributed by atoms with Gasteiger partial charge in [0, 0.05) is 53.6 Å². The molecule has 214 valence electrons. The third-order valence-corrected chi connectivity index (χ3v) is 7.44. The highest BCUT2D eigenvalue weighted by molar-refractivity contribution is 7.80. The van der Waals surface area contributed by atoms with E-state index in [0.717, 1.165) is 15.8 Å². The Morgan fingerprint density at radius 3 is 2.62 bits per heavy atom. The maximum atomic E-state index is 12.5. The molecule has 0 aliphatic carbocycles. The van der Waals surface area contributed by atoms with Crippen molar-refractivity contribution >= 4 is 52.3 Å². The molecule has 1 aromatic carbocycles. The monoisotopic (exact) mass is 582 g/mol. The third-order valence-electron chi connectivity index (χ3n) is 6.06. The number of amides is 1. The van der Waals surface area contributed by atoms with Gasteiger partial charge in [-0.05, 0) is 43.3 Å². The number of benzene rings is 1. The molecule has 0 aliphatic heterocycles. The van der Waals surface area contributed by atoms with E-state index in [1.165, 1.54) is 5.00 Å². The van der Waals surface area contributed by atoms with Crippen molar-refractivity contribution in [2.75, 3.05) is 44.1 Å². The van der Waals surface area contributed by atoms with Gasteiger partial charge in [-0.1, -0.05) is 27.7 Å². The van der Waals surface area contributed by atoms with Crippen LogP contribution in [0.4, 0.5) is 10.7 Å². The Kier molecular flexibility index (Phi) is 9.37. The van der Waals surface area contributed by atoms with Gasteiger partial charge in [0.05, 0.1) is 22.9 Å². The van der Waals surface area contributed by atoms with Crippen molar-refractivity contribution in [3.8, 4) is 17.1 Å². The van der Waals surface area contributed by atoms with E-state index in [1.807, 2.05) is 46.1 Å². The van der Waals surface area contributed by atoms with E-state index in [9.17, 15) is 4.79 Å². The summed E-state index contributed by atoms with van der Waals surface area (Å²) in [5, 5.41) is 19.2. The fraction of sp³-hybridized carbons (Fsp3) is 0.448. The Hall–Kier alpha value is -3.15. The number of ether oxygens (including phenoxy) is 2. The molecule has 0 radical (unpaired) electrons. The number of hydrogen-bond donors (Lipinski definition) is 2. The maximum absolute atomic E-state index is 12.5. The molecule has 0 spiro atoms. The van der Waals surface area contributed by atoms with Crippen LogP contribution in [-0.4, -0.2) is 64.9 Å². The summed E-state index contributed by atoms with van der Waals surface area (Å²) in [4.78, 5) is 15.7. The zero-order valence-corrected chi connectivity index (χ0v) is 25.9. The van der Waals surface area contributed by atoms with Crippen LogP contribution < -0.4 is 20.2 Å². The van der Waals surface area contributed by atoms with Crippen LogP contribution in [0.25, 0.3) is 23.1 Å². The number of nitrogens with zero attached hydrogens (tertiary/aromatic N) is 5. The van der Waals surface area contributed by atoms with Crippen LogP contribution in [0.2, 0.25) is 0 Å². The van der Waals surface area contributed by atoms with Gasteiger partial charge in [-0.15, -0.1) is 21.5 Å². The average Bonchev–Trinajstić information content (AvgIpc) is 3.58. The van der Waals surface area contributed by atoms with E-state index in [4.69, 9.17) is 14.6 Å². The molecule has 0 saturated carbocycles. The second-order valence-corrected chi connectivity index (χ2v) is 12.8. The Labute approximate surface area is 245 Å². The fourth-order valence-corrected chi connectivity index (χ4v) is 5.24. The molecular formula is C29H38N6O3S2. The number of nitrogens with one attached hydrogen (secondary N) is 1. The predicted octanol–water partition coefficient (Wildman–Crippen LogP) is 4.83. The van der Waals surface area contributed by atoms with E-state index in [1.54, 1.807) is 15.9 Å². The normalized spacial score (nSPS) is 13.2. The minimum atomic E-state index is -0.234. The highest BCUT2D eigenvalue weighted by Gasteiger charge is 2.25. The highest BCUT2D eigenvalue weighted by Crippen LogP contribution is 2.33. The van der Waals surface area contributed by atoms with Gasteiger partial charge in [-0.25, -0.2) is 0 Å². The van der Waals surface area contributed by atoms with Gasteiger partial charge in [-0.2, -0.15) is 22.2 Å². The van der Waals surface area contributed by atoms with Gasteiger partial charge in [0.1, 0.15) is 12.4 Å². The van der Waals surface area contributed by atoms with Crippen molar-refractivity contribution < 1.29 is 14.3 Å². The lowest BCUT2D eigenvalue weighted by atomic mass is 9.91. The summed E-state index contributed by atoms with van der Waals surface area (Å²) in [5.74, 6) is 1.02. The summed E-state index contributed by atoms with van der Waals surface area (Å²) in [6, 6.07) is 9.71. The standard InChI is InChI=1S/C29H38N6O3S2/c1-8-37-13-14-38-23-11-9-19(30-24(36)15-18(2)39)16-21(23)27-31-32-28-22(26(29(3,4)5)33-35(27)28)17-20-10-12-25(40-20)34(6)7/h9-12,16-18,39H,8,13-15H2,1-7H3,(H,30,36)/b22-17-. The lowest BCUT2D eigenvalue weighted by Gasteiger charge is -2.15. The molecule has 1 amide bonds. The number of aromatic nitrogens is 4. The van der Waals surface area contributed by atoms with Crippen molar-refractivity contribution in [1.82, 2.24) is 19.8 Å². The lowest BCUT2D eigenvalue weighted by Crippen LogP contribution is -2.22. The van der Waals surface area contributed by atoms with Crippen LogP contribution in [0, 0.1) is 0 Å². The van der Waals surface area contributed by atoms with Gasteiger partial charge in [0.2, 0.25) is 5.91 Å². The van der Waals surface area contributed by atoms with E-state index in [0.29, 0.717) is 54.7 Å². The largest absolute Gasteiger partial charge is 0.490 e. The van der Waals surface area contributed by atoms with Crippen LogP contribution in [0.1, 0.15) is 51.6 Å². The zero-order chi connectivity index (χ0) is 29.0. The molecule has 0 saturated heterocycles. The van der Waals surface area contributed by atoms with Gasteiger partial charge in [-0.3, -0.25) is 4.79 Å². The molecule has 0 fully saturated rings. The Bertz CT molecular complexity index is 1520. The van der Waals surface area contributed by atoms with Crippen LogP contribution in [0.15, 0.2) is 30.3 Å². The first-order chi connectivity index (χ1) is 19.0. The van der Waals surface area contributed by atoms with Crippen LogP contribution >= 0.6 is 24.0 Å². The summed E-state index contributed by atoms with van der Waals surface area (Å²) in [7, 11) is 4.07. The number of carbonyl (C=O) groups excluding carboxylic acids is 1. The van der Waals surface area contributed by atoms with Gasteiger partial charge in [0.15, 0.2) is 11.5 Å². The van der Waals surface area contributed by atoms with Gasteiger partial charge >= 0.3 is 0 Å². The summed E-state index contributed by atoms with van der Waals surface area (Å²) in [6.07, 6.45) is 2.44. The second-order valence-electron chi connectivity index (χ2n) is 10.8. The zero-order valence-electron chi connectivity index (χ0n) is 24.2. The molecule has 0 aliphatic rings. The van der Waals surface area contributed by atoms with Crippen LogP contribution in [-0.2, 0) is 14.9 Å². The molecule has 40 heavy (non-hydrogen) atoms. The summed E-state index contributed by atoms with van der Waals surface area (Å²) < 4.78 is 13.3. The number of hydrogen-bond acceptors (Lipinski definition) is 9. The van der Waals surface area contributed by atoms with Crippen molar-refractivity contribution in [1.29, 1.82) is 0 Å². The molecule has 1 atom stereocenters. The smallest absolute Gasteiger partial charge is 0.225 e. The van der Waals surface area contributed by atoms with Crippen molar-refractivity contribution in [3.05, 3.63) is 46.1 Å². The van der Waals surface area contributed by atoms with E-state index in [-0.39, 0.29) is 16.6 Å². The molecule has 1 N–H and O–H groups in total. The predicted molar refractivity (Wildman–Crippen MR) is 166 cm³/mol. The van der Waals surface area contributed by atoms with Crippen molar-refractivity contribution in [2.45, 2.75) is 51.7 Å². The van der Waals surface area contributed by atoms with Crippen molar-refractivity contribution in [3.63, 3.8) is 0 Å². The Balaban J connectivity index is 1.84. The van der Waals surface area contributed by atoms with E-state index < -0.39 is 0 Å². The molecular weight excluding hydrogens is 544 g/mol. The number of fused-ring (bicyclic) bond motifs is 1. The third kappa shape index (κ3) is 6.94. The quantitative estimate of drug-likeness (QED) is 0.193. The molecule has 4 aromatic rings. The van der Waals surface area contributed by atoms with Crippen LogP contribution in [0.5, 0.6) is 5.75 Å². The Morgan fingerprint density at radius 2 is 1.98 bits per heavy atom. The summed E-state index contributed by atoms with van der Waals surface area (Å²) >= 11 is 6.04. The molecule has 11 heteroatoms. The number of anilines is 2. The molecule has 0 bridgehead atoms. The minimum Gasteiger partial charge on any atom is -0.490 e. The topological polar surface area (TPSA) is 93.9 Å². The fourth-order valence-electron chi connectivity index (χ4n) is 4.20. The molecule has 3 heterocycles.